The number of benzene rings is 2. The average molecular weight is 473 g/mol. The number of methoxy groups -OCH3 is 1. The van der Waals surface area contributed by atoms with Crippen molar-refractivity contribution in [2.24, 2.45) is 0 Å². The number of fused-ring (bicyclic) bond motifs is 1. The first-order chi connectivity index (χ1) is 17.0. The summed E-state index contributed by atoms with van der Waals surface area (Å²) in [4.78, 5) is 17.8. The van der Waals surface area contributed by atoms with Crippen molar-refractivity contribution < 1.29 is 13.9 Å². The van der Waals surface area contributed by atoms with Crippen LogP contribution in [0.2, 0.25) is 0 Å². The van der Waals surface area contributed by atoms with Gasteiger partial charge >= 0.3 is 0 Å². The predicted octanol–water partition coefficient (Wildman–Crippen LogP) is 6.30. The monoisotopic (exact) mass is 472 g/mol. The van der Waals surface area contributed by atoms with E-state index >= 15 is 0 Å². The summed E-state index contributed by atoms with van der Waals surface area (Å²) in [6.45, 7) is 7.64. The van der Waals surface area contributed by atoms with Gasteiger partial charge in [0.1, 0.15) is 11.3 Å². The van der Waals surface area contributed by atoms with Gasteiger partial charge in [-0.1, -0.05) is 49.1 Å². The number of carbonyl (C=O) groups is 1. The Morgan fingerprint density at radius 2 is 1.74 bits per heavy atom. The summed E-state index contributed by atoms with van der Waals surface area (Å²) in [6, 6.07) is 13.2. The molecule has 2 fully saturated rings. The second kappa shape index (κ2) is 10.3. The molecule has 0 radical (unpaired) electrons. The topological polar surface area (TPSA) is 45.9 Å². The molecule has 1 aromatic heterocycles. The highest BCUT2D eigenvalue weighted by molar-refractivity contribution is 6.00. The van der Waals surface area contributed by atoms with E-state index in [0.29, 0.717) is 11.8 Å². The van der Waals surface area contributed by atoms with Gasteiger partial charge in [0, 0.05) is 60.9 Å². The van der Waals surface area contributed by atoms with Crippen molar-refractivity contribution >= 4 is 22.4 Å². The van der Waals surface area contributed by atoms with Crippen LogP contribution in [0.15, 0.2) is 53.2 Å². The zero-order chi connectivity index (χ0) is 24.4. The molecule has 3 aromatic rings. The van der Waals surface area contributed by atoms with Crippen LogP contribution in [0.3, 0.4) is 0 Å². The number of aryl methyl sites for hydroxylation is 1. The number of carbonyl (C=O) groups excluding carboxylic acids is 1. The number of hydrogen-bond donors (Lipinski definition) is 0. The highest BCUT2D eigenvalue weighted by Gasteiger charge is 2.26. The molecule has 0 bridgehead atoms. The first kappa shape index (κ1) is 23.7. The molecule has 1 saturated heterocycles. The Kier molecular flexibility index (Phi) is 6.96. The SMILES string of the molecule is COc1cc2occ(-c3ccc(C)cc3)c2cc1/C(C)=C/C(=O)N1CCN(C2CCCCC2)CC1. The number of ether oxygens (including phenoxy) is 1. The molecule has 35 heavy (non-hydrogen) atoms. The fraction of sp³-hybridized carbons (Fsp3) is 0.433. The number of nitrogens with zero attached hydrogens (tertiary/aromatic N) is 2. The Balaban J connectivity index is 1.36. The Morgan fingerprint density at radius 1 is 1.03 bits per heavy atom. The molecule has 1 amide bonds. The summed E-state index contributed by atoms with van der Waals surface area (Å²) in [5.41, 5.74) is 5.98. The van der Waals surface area contributed by atoms with Gasteiger partial charge in [-0.05, 0) is 43.9 Å². The van der Waals surface area contributed by atoms with E-state index in [1.165, 1.54) is 37.7 Å². The van der Waals surface area contributed by atoms with Gasteiger partial charge < -0.3 is 14.1 Å². The molecule has 1 aliphatic carbocycles. The van der Waals surface area contributed by atoms with E-state index in [4.69, 9.17) is 9.15 Å². The number of hydrogen-bond acceptors (Lipinski definition) is 4. The maximum Gasteiger partial charge on any atom is 0.246 e. The Bertz CT molecular complexity index is 1210. The van der Waals surface area contributed by atoms with Gasteiger partial charge in [-0.15, -0.1) is 0 Å². The smallest absolute Gasteiger partial charge is 0.246 e. The first-order valence-electron chi connectivity index (χ1n) is 12.9. The van der Waals surface area contributed by atoms with E-state index in [-0.39, 0.29) is 5.91 Å². The molecule has 0 unspecified atom stereocenters. The molecule has 2 aromatic carbocycles. The summed E-state index contributed by atoms with van der Waals surface area (Å²) in [5.74, 6) is 0.796. The molecule has 2 heterocycles. The molecule has 2 aliphatic rings. The Hall–Kier alpha value is -3.05. The standard InChI is InChI=1S/C30H36N2O3/c1-21-9-11-23(12-10-21)27-20-35-29-19-28(34-3)25(18-26(27)29)22(2)17-30(33)32-15-13-31(14-16-32)24-7-5-4-6-8-24/h9-12,17-20,24H,4-8,13-16H2,1-3H3/b22-17+. The lowest BCUT2D eigenvalue weighted by Crippen LogP contribution is -2.52. The third-order valence-corrected chi connectivity index (χ3v) is 7.74. The van der Waals surface area contributed by atoms with Crippen LogP contribution < -0.4 is 4.74 Å². The average Bonchev–Trinajstić information content (AvgIpc) is 3.31. The first-order valence-corrected chi connectivity index (χ1v) is 12.9. The zero-order valence-electron chi connectivity index (χ0n) is 21.2. The lowest BCUT2D eigenvalue weighted by molar-refractivity contribution is -0.128. The number of rotatable bonds is 5. The van der Waals surface area contributed by atoms with E-state index < -0.39 is 0 Å². The van der Waals surface area contributed by atoms with Gasteiger partial charge in [0.25, 0.3) is 0 Å². The molecular formula is C30H36N2O3. The molecule has 5 rings (SSSR count). The maximum atomic E-state index is 13.2. The van der Waals surface area contributed by atoms with Gasteiger partial charge in [-0.2, -0.15) is 0 Å². The van der Waals surface area contributed by atoms with Gasteiger partial charge in [0.2, 0.25) is 5.91 Å². The minimum Gasteiger partial charge on any atom is -0.496 e. The van der Waals surface area contributed by atoms with Crippen LogP contribution >= 0.6 is 0 Å². The van der Waals surface area contributed by atoms with Crippen molar-refractivity contribution in [3.63, 3.8) is 0 Å². The normalized spacial score (nSPS) is 18.3. The third-order valence-electron chi connectivity index (χ3n) is 7.74. The minimum atomic E-state index is 0.0823. The van der Waals surface area contributed by atoms with Gasteiger partial charge in [-0.3, -0.25) is 9.69 Å². The van der Waals surface area contributed by atoms with Crippen LogP contribution in [0.25, 0.3) is 27.7 Å². The quantitative estimate of drug-likeness (QED) is 0.409. The second-order valence-corrected chi connectivity index (χ2v) is 10.0. The Morgan fingerprint density at radius 3 is 2.43 bits per heavy atom. The largest absolute Gasteiger partial charge is 0.496 e. The summed E-state index contributed by atoms with van der Waals surface area (Å²) >= 11 is 0. The number of allylic oxidation sites excluding steroid dienone is 1. The van der Waals surface area contributed by atoms with Crippen LogP contribution in [-0.4, -0.2) is 55.0 Å². The lowest BCUT2D eigenvalue weighted by atomic mass is 9.94. The van der Waals surface area contributed by atoms with E-state index in [2.05, 4.69) is 42.2 Å². The van der Waals surface area contributed by atoms with Crippen molar-refractivity contribution in [3.8, 4) is 16.9 Å². The van der Waals surface area contributed by atoms with Crippen LogP contribution in [-0.2, 0) is 4.79 Å². The number of piperazine rings is 1. The minimum absolute atomic E-state index is 0.0823. The van der Waals surface area contributed by atoms with Crippen molar-refractivity contribution in [1.29, 1.82) is 0 Å². The molecule has 1 aliphatic heterocycles. The predicted molar refractivity (Wildman–Crippen MR) is 142 cm³/mol. The Labute approximate surface area is 208 Å². The fourth-order valence-electron chi connectivity index (χ4n) is 5.60. The lowest BCUT2D eigenvalue weighted by Gasteiger charge is -2.40. The molecule has 0 atom stereocenters. The van der Waals surface area contributed by atoms with Gasteiger partial charge in [0.15, 0.2) is 0 Å². The molecular weight excluding hydrogens is 436 g/mol. The van der Waals surface area contributed by atoms with Crippen molar-refractivity contribution in [1.82, 2.24) is 9.80 Å². The summed E-state index contributed by atoms with van der Waals surface area (Å²) in [6.07, 6.45) is 10.3. The van der Waals surface area contributed by atoms with Crippen molar-refractivity contribution in [2.75, 3.05) is 33.3 Å². The van der Waals surface area contributed by atoms with E-state index in [9.17, 15) is 4.79 Å². The highest BCUT2D eigenvalue weighted by atomic mass is 16.5. The van der Waals surface area contributed by atoms with Crippen LogP contribution in [0, 0.1) is 6.92 Å². The van der Waals surface area contributed by atoms with Crippen molar-refractivity contribution in [2.45, 2.75) is 52.0 Å². The molecule has 1 saturated carbocycles. The molecule has 184 valence electrons. The van der Waals surface area contributed by atoms with Crippen LogP contribution in [0.1, 0.15) is 50.2 Å². The summed E-state index contributed by atoms with van der Waals surface area (Å²) in [7, 11) is 1.66. The summed E-state index contributed by atoms with van der Waals surface area (Å²) < 4.78 is 11.5. The molecule has 5 heteroatoms. The van der Waals surface area contributed by atoms with Gasteiger partial charge in [0.05, 0.1) is 13.4 Å². The van der Waals surface area contributed by atoms with E-state index in [1.807, 2.05) is 17.9 Å². The van der Waals surface area contributed by atoms with Crippen molar-refractivity contribution in [3.05, 3.63) is 59.9 Å². The van der Waals surface area contributed by atoms with E-state index in [1.54, 1.807) is 19.4 Å². The number of furan rings is 1. The fourth-order valence-corrected chi connectivity index (χ4v) is 5.60. The van der Waals surface area contributed by atoms with E-state index in [0.717, 1.165) is 59.4 Å². The van der Waals surface area contributed by atoms with Gasteiger partial charge in [-0.25, -0.2) is 0 Å². The molecule has 5 nitrogen and oxygen atoms in total. The maximum absolute atomic E-state index is 13.2. The zero-order valence-corrected chi connectivity index (χ0v) is 21.2. The second-order valence-electron chi connectivity index (χ2n) is 10.0. The molecule has 0 N–H and O–H groups in total. The van der Waals surface area contributed by atoms with Crippen LogP contribution in [0.4, 0.5) is 0 Å². The summed E-state index contributed by atoms with van der Waals surface area (Å²) in [5, 5.41) is 1.02. The number of amides is 1. The van der Waals surface area contributed by atoms with Crippen LogP contribution in [0.5, 0.6) is 5.75 Å². The third kappa shape index (κ3) is 5.01. The molecule has 0 spiro atoms. The highest BCUT2D eigenvalue weighted by Crippen LogP contribution is 2.37.